The molecule has 0 aromatic rings. The quantitative estimate of drug-likeness (QED) is 0.400. The lowest BCUT2D eigenvalue weighted by Gasteiger charge is -2.26. The monoisotopic (exact) mass is 284 g/mol. The zero-order chi connectivity index (χ0) is 14.4. The van der Waals surface area contributed by atoms with Gasteiger partial charge in [-0.2, -0.15) is 0 Å². The van der Waals surface area contributed by atoms with Crippen LogP contribution in [0.1, 0.15) is 40.0 Å². The Morgan fingerprint density at radius 2 is 1.26 bits per heavy atom. The van der Waals surface area contributed by atoms with Crippen LogP contribution in [0.3, 0.4) is 0 Å². The van der Waals surface area contributed by atoms with Gasteiger partial charge >= 0.3 is 8.80 Å². The smallest absolute Gasteiger partial charge is 0.370 e. The number of hydrogen-bond donors (Lipinski definition) is 0. The molecule has 0 aliphatic heterocycles. The van der Waals surface area contributed by atoms with Gasteiger partial charge in [-0.25, -0.2) is 0 Å². The molecule has 0 amide bonds. The highest BCUT2D eigenvalue weighted by Crippen LogP contribution is 2.14. The van der Waals surface area contributed by atoms with E-state index in [4.69, 9.17) is 13.3 Å². The number of rotatable bonds is 12. The zero-order valence-corrected chi connectivity index (χ0v) is 13.6. The van der Waals surface area contributed by atoms with Crippen molar-refractivity contribution < 1.29 is 13.3 Å². The molecular formula is C15H28O3Si. The minimum atomic E-state index is -2.67. The normalized spacial score (nSPS) is 12.6. The lowest BCUT2D eigenvalue weighted by molar-refractivity contribution is 0.0716. The molecule has 0 radical (unpaired) electrons. The molecule has 0 saturated carbocycles. The molecule has 0 bridgehead atoms. The summed E-state index contributed by atoms with van der Waals surface area (Å²) in [5.41, 5.74) is 1.95. The molecule has 0 saturated heterocycles. The molecule has 19 heavy (non-hydrogen) atoms. The summed E-state index contributed by atoms with van der Waals surface area (Å²) in [6.45, 7) is 11.9. The van der Waals surface area contributed by atoms with Crippen LogP contribution in [0.4, 0.5) is 0 Å². The second-order valence-corrected chi connectivity index (χ2v) is 6.54. The molecule has 110 valence electrons. The van der Waals surface area contributed by atoms with Crippen molar-refractivity contribution in [3.63, 3.8) is 0 Å². The summed E-state index contributed by atoms with van der Waals surface area (Å²) >= 11 is 0. The fourth-order valence-corrected chi connectivity index (χ4v) is 3.67. The average Bonchev–Trinajstić information content (AvgIpc) is 2.44. The Kier molecular flexibility index (Phi) is 11.9. The Morgan fingerprint density at radius 1 is 0.789 bits per heavy atom. The molecule has 3 nitrogen and oxygen atoms in total. The van der Waals surface area contributed by atoms with Crippen molar-refractivity contribution in [2.75, 3.05) is 19.8 Å². The Balaban J connectivity index is 4.79. The minimum Gasteiger partial charge on any atom is -0.370 e. The average molecular weight is 284 g/mol. The van der Waals surface area contributed by atoms with Gasteiger partial charge in [-0.15, -0.1) is 0 Å². The lowest BCUT2D eigenvalue weighted by Crippen LogP contribution is -2.45. The predicted molar refractivity (Wildman–Crippen MR) is 83.0 cm³/mol. The topological polar surface area (TPSA) is 27.7 Å². The third-order valence-electron chi connectivity index (χ3n) is 2.18. The highest BCUT2D eigenvalue weighted by atomic mass is 28.4. The van der Waals surface area contributed by atoms with Crippen LogP contribution in [-0.4, -0.2) is 28.6 Å². The molecule has 4 heteroatoms. The molecule has 0 aliphatic carbocycles. The van der Waals surface area contributed by atoms with Gasteiger partial charge < -0.3 is 13.3 Å². The van der Waals surface area contributed by atoms with Crippen molar-refractivity contribution in [2.24, 2.45) is 0 Å². The van der Waals surface area contributed by atoms with E-state index in [0.29, 0.717) is 19.8 Å². The molecule has 0 aliphatic rings. The van der Waals surface area contributed by atoms with Gasteiger partial charge in [-0.1, -0.05) is 51.7 Å². The largest absolute Gasteiger partial charge is 0.529 e. The lowest BCUT2D eigenvalue weighted by atomic mass is 10.5. The maximum atomic E-state index is 5.91. The van der Waals surface area contributed by atoms with Crippen LogP contribution in [0, 0.1) is 0 Å². The first kappa shape index (κ1) is 18.3. The van der Waals surface area contributed by atoms with Crippen LogP contribution < -0.4 is 0 Å². The molecule has 0 heterocycles. The molecule has 0 N–H and O–H groups in total. The molecule has 0 spiro atoms. The Bertz CT molecular complexity index is 253. The molecule has 0 rings (SSSR count). The minimum absolute atomic E-state index is 0.662. The third kappa shape index (κ3) is 8.94. The van der Waals surface area contributed by atoms with Gasteiger partial charge in [0.25, 0.3) is 0 Å². The Morgan fingerprint density at radius 3 is 1.63 bits per heavy atom. The van der Waals surface area contributed by atoms with Crippen molar-refractivity contribution in [2.45, 2.75) is 40.0 Å². The first-order chi connectivity index (χ1) is 9.24. The summed E-state index contributed by atoms with van der Waals surface area (Å²) in [6.07, 6.45) is 10.3. The highest BCUT2D eigenvalue weighted by Gasteiger charge is 2.37. The Labute approximate surface area is 119 Å². The van der Waals surface area contributed by atoms with E-state index < -0.39 is 8.80 Å². The maximum absolute atomic E-state index is 5.91. The van der Waals surface area contributed by atoms with E-state index in [-0.39, 0.29) is 0 Å². The van der Waals surface area contributed by atoms with Crippen LogP contribution >= 0.6 is 0 Å². The van der Waals surface area contributed by atoms with Crippen LogP contribution in [0.5, 0.6) is 0 Å². The first-order valence-corrected chi connectivity index (χ1v) is 8.93. The Hall–Kier alpha value is -0.683. The number of allylic oxidation sites excluding steroid dienone is 4. The van der Waals surface area contributed by atoms with E-state index in [2.05, 4.69) is 27.4 Å². The number of hydrogen-bond acceptors (Lipinski definition) is 3. The van der Waals surface area contributed by atoms with E-state index >= 15 is 0 Å². The van der Waals surface area contributed by atoms with Gasteiger partial charge in [0, 0.05) is 19.8 Å². The van der Waals surface area contributed by atoms with Crippen LogP contribution in [0.2, 0.25) is 0 Å². The van der Waals surface area contributed by atoms with Gasteiger partial charge in [-0.05, 0) is 25.0 Å². The molecule has 0 aromatic heterocycles. The van der Waals surface area contributed by atoms with Gasteiger partial charge in [0.05, 0.1) is 0 Å². The molecular weight excluding hydrogens is 256 g/mol. The van der Waals surface area contributed by atoms with Crippen LogP contribution in [-0.2, 0) is 13.3 Å². The summed E-state index contributed by atoms with van der Waals surface area (Å²) < 4.78 is 17.7. The van der Waals surface area contributed by atoms with Gasteiger partial charge in [0.15, 0.2) is 0 Å². The van der Waals surface area contributed by atoms with Crippen molar-refractivity contribution in [3.8, 4) is 0 Å². The third-order valence-corrected chi connectivity index (χ3v) is 4.60. The standard InChI is InChI=1S/C15H28O3Si/c1-5-9-10-11-15-19(16-12-6-2,17-13-7-3)18-14-8-4/h5,9-11,15H,1,6-8,12-14H2,2-4H3/b10-9+,15-11+. The molecule has 0 atom stereocenters. The van der Waals surface area contributed by atoms with E-state index in [1.807, 2.05) is 23.9 Å². The molecule has 0 unspecified atom stereocenters. The first-order valence-electron chi connectivity index (χ1n) is 7.13. The van der Waals surface area contributed by atoms with Crippen LogP contribution in [0.15, 0.2) is 36.6 Å². The van der Waals surface area contributed by atoms with Crippen molar-refractivity contribution in [1.29, 1.82) is 0 Å². The summed E-state index contributed by atoms with van der Waals surface area (Å²) in [6, 6.07) is 0. The second kappa shape index (κ2) is 12.4. The molecule has 0 fully saturated rings. The fraction of sp³-hybridized carbons (Fsp3) is 0.600. The van der Waals surface area contributed by atoms with Gasteiger partial charge in [0.2, 0.25) is 0 Å². The van der Waals surface area contributed by atoms with E-state index in [1.165, 1.54) is 0 Å². The van der Waals surface area contributed by atoms with Crippen molar-refractivity contribution >= 4 is 8.80 Å². The van der Waals surface area contributed by atoms with Gasteiger partial charge in [-0.3, -0.25) is 0 Å². The van der Waals surface area contributed by atoms with E-state index in [1.54, 1.807) is 6.08 Å². The fourth-order valence-electron chi connectivity index (χ4n) is 1.32. The van der Waals surface area contributed by atoms with Gasteiger partial charge in [0.1, 0.15) is 0 Å². The van der Waals surface area contributed by atoms with Crippen molar-refractivity contribution in [1.82, 2.24) is 0 Å². The van der Waals surface area contributed by atoms with E-state index in [9.17, 15) is 0 Å². The maximum Gasteiger partial charge on any atom is 0.529 e. The van der Waals surface area contributed by atoms with E-state index in [0.717, 1.165) is 19.3 Å². The predicted octanol–water partition coefficient (Wildman–Crippen LogP) is 4.04. The second-order valence-electron chi connectivity index (χ2n) is 4.13. The summed E-state index contributed by atoms with van der Waals surface area (Å²) in [4.78, 5) is 0. The molecule has 0 aromatic carbocycles. The SMILES string of the molecule is C=C/C=C/C=C/[Si](OCCC)(OCCC)OCCC. The summed E-state index contributed by atoms with van der Waals surface area (Å²) in [5, 5.41) is 0. The zero-order valence-electron chi connectivity index (χ0n) is 12.6. The summed E-state index contributed by atoms with van der Waals surface area (Å²) in [7, 11) is -2.67. The van der Waals surface area contributed by atoms with Crippen LogP contribution in [0.25, 0.3) is 0 Å². The highest BCUT2D eigenvalue weighted by molar-refractivity contribution is 6.66. The van der Waals surface area contributed by atoms with Crippen molar-refractivity contribution in [3.05, 3.63) is 36.6 Å². The summed E-state index contributed by atoms with van der Waals surface area (Å²) in [5.74, 6) is 0.